The van der Waals surface area contributed by atoms with Crippen molar-refractivity contribution in [2.75, 3.05) is 4.90 Å². The maximum absolute atomic E-state index is 9.79. The molecular formula is C30H23NO2. The topological polar surface area (TPSA) is 43.7 Å². The average molecular weight is 430 g/mol. The zero-order valence-electron chi connectivity index (χ0n) is 18.0. The zero-order chi connectivity index (χ0) is 22.6. The van der Waals surface area contributed by atoms with Crippen molar-refractivity contribution >= 4 is 17.1 Å². The van der Waals surface area contributed by atoms with Gasteiger partial charge in [0.05, 0.1) is 0 Å². The Hall–Kier alpha value is -4.50. The highest BCUT2D eigenvalue weighted by atomic mass is 16.3. The number of aromatic hydroxyl groups is 2. The van der Waals surface area contributed by atoms with E-state index < -0.39 is 0 Å². The van der Waals surface area contributed by atoms with Crippen LogP contribution in [0.15, 0.2) is 127 Å². The quantitative estimate of drug-likeness (QED) is 0.298. The van der Waals surface area contributed by atoms with Gasteiger partial charge >= 0.3 is 0 Å². The van der Waals surface area contributed by atoms with Crippen molar-refractivity contribution in [3.63, 3.8) is 0 Å². The van der Waals surface area contributed by atoms with Crippen molar-refractivity contribution in [2.24, 2.45) is 0 Å². The van der Waals surface area contributed by atoms with Gasteiger partial charge in [0, 0.05) is 17.1 Å². The number of benzene rings is 5. The van der Waals surface area contributed by atoms with Crippen LogP contribution in [-0.4, -0.2) is 10.2 Å². The van der Waals surface area contributed by atoms with Gasteiger partial charge in [-0.15, -0.1) is 0 Å². The third kappa shape index (κ3) is 4.43. The van der Waals surface area contributed by atoms with Crippen molar-refractivity contribution in [1.82, 2.24) is 0 Å². The van der Waals surface area contributed by atoms with E-state index in [1.807, 2.05) is 42.5 Å². The van der Waals surface area contributed by atoms with E-state index in [0.717, 1.165) is 33.8 Å². The van der Waals surface area contributed by atoms with Crippen molar-refractivity contribution in [1.29, 1.82) is 0 Å². The van der Waals surface area contributed by atoms with Gasteiger partial charge in [0.1, 0.15) is 11.5 Å². The number of rotatable bonds is 5. The van der Waals surface area contributed by atoms with Gasteiger partial charge in [-0.2, -0.15) is 0 Å². The van der Waals surface area contributed by atoms with Crippen LogP contribution in [-0.2, 0) is 0 Å². The Morgan fingerprint density at radius 3 is 1.06 bits per heavy atom. The molecule has 0 aromatic heterocycles. The lowest BCUT2D eigenvalue weighted by Gasteiger charge is -2.26. The first-order valence-electron chi connectivity index (χ1n) is 10.8. The summed E-state index contributed by atoms with van der Waals surface area (Å²) in [7, 11) is 0. The van der Waals surface area contributed by atoms with Gasteiger partial charge in [-0.25, -0.2) is 0 Å². The first-order chi connectivity index (χ1) is 16.2. The summed E-state index contributed by atoms with van der Waals surface area (Å²) in [6.45, 7) is 0. The number of phenols is 2. The number of hydrogen-bond acceptors (Lipinski definition) is 3. The van der Waals surface area contributed by atoms with Gasteiger partial charge in [0.15, 0.2) is 0 Å². The molecule has 0 aliphatic carbocycles. The highest BCUT2D eigenvalue weighted by Gasteiger charge is 2.13. The number of nitrogens with zero attached hydrogens (tertiary/aromatic N) is 1. The molecule has 0 aliphatic heterocycles. The summed E-state index contributed by atoms with van der Waals surface area (Å²) in [5, 5.41) is 19.3. The van der Waals surface area contributed by atoms with Crippen LogP contribution in [0.4, 0.5) is 17.1 Å². The second-order valence-electron chi connectivity index (χ2n) is 7.86. The third-order valence-electron chi connectivity index (χ3n) is 5.67. The summed E-state index contributed by atoms with van der Waals surface area (Å²) in [6, 6.07) is 41.5. The predicted molar refractivity (Wildman–Crippen MR) is 135 cm³/mol. The highest BCUT2D eigenvalue weighted by molar-refractivity contribution is 5.80. The van der Waals surface area contributed by atoms with Gasteiger partial charge in [0.25, 0.3) is 0 Å². The van der Waals surface area contributed by atoms with Gasteiger partial charge in [-0.05, 0) is 82.9 Å². The minimum absolute atomic E-state index is 0.237. The lowest BCUT2D eigenvalue weighted by Crippen LogP contribution is -2.09. The van der Waals surface area contributed by atoms with Crippen molar-refractivity contribution < 1.29 is 10.2 Å². The van der Waals surface area contributed by atoms with E-state index >= 15 is 0 Å². The molecule has 0 aliphatic rings. The Morgan fingerprint density at radius 1 is 0.333 bits per heavy atom. The molecule has 0 fully saturated rings. The van der Waals surface area contributed by atoms with Crippen LogP contribution in [0, 0.1) is 0 Å². The van der Waals surface area contributed by atoms with E-state index in [2.05, 4.69) is 65.6 Å². The Labute approximate surface area is 193 Å². The summed E-state index contributed by atoms with van der Waals surface area (Å²) in [6.07, 6.45) is 0. The minimum Gasteiger partial charge on any atom is -0.508 e. The van der Waals surface area contributed by atoms with Crippen molar-refractivity contribution in [3.8, 4) is 33.8 Å². The molecule has 5 aromatic rings. The molecule has 0 unspecified atom stereocenters. The van der Waals surface area contributed by atoms with Crippen molar-refractivity contribution in [3.05, 3.63) is 127 Å². The Balaban J connectivity index is 1.52. The monoisotopic (exact) mass is 429 g/mol. The molecule has 5 aromatic carbocycles. The third-order valence-corrected chi connectivity index (χ3v) is 5.67. The van der Waals surface area contributed by atoms with E-state index in [-0.39, 0.29) is 11.5 Å². The molecule has 3 heteroatoms. The van der Waals surface area contributed by atoms with E-state index in [9.17, 15) is 10.2 Å². The molecule has 5 rings (SSSR count). The van der Waals surface area contributed by atoms with Gasteiger partial charge in [-0.3, -0.25) is 0 Å². The second kappa shape index (κ2) is 8.93. The molecule has 160 valence electrons. The van der Waals surface area contributed by atoms with Crippen LogP contribution in [0.3, 0.4) is 0 Å². The molecule has 0 saturated carbocycles. The Kier molecular flexibility index (Phi) is 5.52. The van der Waals surface area contributed by atoms with E-state index in [1.54, 1.807) is 24.3 Å². The van der Waals surface area contributed by atoms with Crippen LogP contribution in [0.5, 0.6) is 11.5 Å². The van der Waals surface area contributed by atoms with E-state index in [4.69, 9.17) is 0 Å². The smallest absolute Gasteiger partial charge is 0.115 e. The maximum atomic E-state index is 9.79. The molecule has 0 atom stereocenters. The fourth-order valence-electron chi connectivity index (χ4n) is 3.94. The average Bonchev–Trinajstić information content (AvgIpc) is 2.87. The molecule has 3 nitrogen and oxygen atoms in total. The molecule has 2 N–H and O–H groups in total. The normalized spacial score (nSPS) is 10.7. The van der Waals surface area contributed by atoms with E-state index in [0.29, 0.717) is 0 Å². The predicted octanol–water partition coefficient (Wildman–Crippen LogP) is 7.90. The van der Waals surface area contributed by atoms with Gasteiger partial charge < -0.3 is 15.1 Å². The summed E-state index contributed by atoms with van der Waals surface area (Å²) in [4.78, 5) is 2.16. The lowest BCUT2D eigenvalue weighted by molar-refractivity contribution is 0.475. The molecule has 0 bridgehead atoms. The summed E-state index contributed by atoms with van der Waals surface area (Å²) in [5.41, 5.74) is 7.45. The summed E-state index contributed by atoms with van der Waals surface area (Å²) >= 11 is 0. The highest BCUT2D eigenvalue weighted by Crippen LogP contribution is 2.37. The standard InChI is InChI=1S/C30H23NO2/c32-29-18-10-25(11-19-29)24-8-14-27(15-9-24)31(28-16-20-30(33)21-17-28)26-12-6-23(7-13-26)22-4-2-1-3-5-22/h1-21,32-33H. The molecular weight excluding hydrogens is 406 g/mol. The van der Waals surface area contributed by atoms with Crippen LogP contribution in [0.2, 0.25) is 0 Å². The minimum atomic E-state index is 0.237. The largest absolute Gasteiger partial charge is 0.508 e. The fourth-order valence-corrected chi connectivity index (χ4v) is 3.94. The Morgan fingerprint density at radius 2 is 0.636 bits per heavy atom. The van der Waals surface area contributed by atoms with Crippen LogP contribution >= 0.6 is 0 Å². The van der Waals surface area contributed by atoms with Crippen LogP contribution in [0.1, 0.15) is 0 Å². The SMILES string of the molecule is Oc1ccc(-c2ccc(N(c3ccc(O)cc3)c3ccc(-c4ccccc4)cc3)cc2)cc1. The first-order valence-corrected chi connectivity index (χ1v) is 10.8. The molecule has 0 radical (unpaired) electrons. The second-order valence-corrected chi connectivity index (χ2v) is 7.86. The van der Waals surface area contributed by atoms with Crippen molar-refractivity contribution in [2.45, 2.75) is 0 Å². The summed E-state index contributed by atoms with van der Waals surface area (Å²) < 4.78 is 0. The molecule has 33 heavy (non-hydrogen) atoms. The van der Waals surface area contributed by atoms with Crippen LogP contribution < -0.4 is 4.90 Å². The molecule has 0 spiro atoms. The molecule has 0 amide bonds. The molecule has 0 saturated heterocycles. The number of anilines is 3. The number of hydrogen-bond donors (Lipinski definition) is 2. The zero-order valence-corrected chi connectivity index (χ0v) is 18.0. The van der Waals surface area contributed by atoms with E-state index in [1.165, 1.54) is 5.56 Å². The van der Waals surface area contributed by atoms with Crippen LogP contribution in [0.25, 0.3) is 22.3 Å². The Bertz CT molecular complexity index is 1330. The van der Waals surface area contributed by atoms with Gasteiger partial charge in [0.2, 0.25) is 0 Å². The number of phenolic OH excluding ortho intramolecular Hbond substituents is 2. The molecule has 0 heterocycles. The maximum Gasteiger partial charge on any atom is 0.115 e. The fraction of sp³-hybridized carbons (Fsp3) is 0. The van der Waals surface area contributed by atoms with Gasteiger partial charge in [-0.1, -0.05) is 66.7 Å². The summed E-state index contributed by atoms with van der Waals surface area (Å²) in [5.74, 6) is 0.494. The lowest BCUT2D eigenvalue weighted by atomic mass is 10.0. The first kappa shape index (κ1) is 20.4.